The predicted molar refractivity (Wildman–Crippen MR) is 116 cm³/mol. The SMILES string of the molecule is CCn1c(=O)n(-c2ccc(F)cc2)c2nc(-c3ccc(OC)cc3OC)nc(C(N)=O)c21. The molecule has 2 N–H and O–H groups in total. The van der Waals surface area contributed by atoms with Crippen molar-refractivity contribution in [3.63, 3.8) is 0 Å². The largest absolute Gasteiger partial charge is 0.497 e. The number of halogens is 1. The lowest BCUT2D eigenvalue weighted by molar-refractivity contribution is 0.0997. The number of carbonyl (C=O) groups is 1. The molecule has 0 saturated carbocycles. The molecule has 2 aromatic carbocycles. The van der Waals surface area contributed by atoms with Crippen LogP contribution in [0.2, 0.25) is 0 Å². The van der Waals surface area contributed by atoms with Crippen molar-refractivity contribution in [3.05, 3.63) is 64.5 Å². The van der Waals surface area contributed by atoms with E-state index in [1.807, 2.05) is 0 Å². The van der Waals surface area contributed by atoms with Gasteiger partial charge in [0.05, 0.1) is 25.5 Å². The van der Waals surface area contributed by atoms with Crippen LogP contribution in [0, 0.1) is 5.82 Å². The number of hydrogen-bond donors (Lipinski definition) is 1. The third kappa shape index (κ3) is 3.35. The predicted octanol–water partition coefficient (Wildman–Crippen LogP) is 2.52. The maximum absolute atomic E-state index is 13.5. The van der Waals surface area contributed by atoms with Gasteiger partial charge in [-0.2, -0.15) is 0 Å². The van der Waals surface area contributed by atoms with Gasteiger partial charge in [-0.15, -0.1) is 0 Å². The molecule has 32 heavy (non-hydrogen) atoms. The Morgan fingerprint density at radius 3 is 2.41 bits per heavy atom. The van der Waals surface area contributed by atoms with Crippen LogP contribution in [-0.4, -0.2) is 39.2 Å². The quantitative estimate of drug-likeness (QED) is 0.496. The standard InChI is InChI=1S/C22H20FN5O4/c1-4-27-18-17(19(24)29)25-20(15-10-9-14(31-2)11-16(15)32-3)26-21(18)28(22(27)30)13-7-5-12(23)6-8-13/h5-11H,4H2,1-3H3,(H2,24,29). The van der Waals surface area contributed by atoms with Gasteiger partial charge >= 0.3 is 5.69 Å². The van der Waals surface area contributed by atoms with E-state index < -0.39 is 17.4 Å². The second kappa shape index (κ2) is 8.14. The average Bonchev–Trinajstić information content (AvgIpc) is 3.09. The summed E-state index contributed by atoms with van der Waals surface area (Å²) >= 11 is 0. The minimum absolute atomic E-state index is 0.109. The van der Waals surface area contributed by atoms with Gasteiger partial charge in [-0.05, 0) is 43.3 Å². The first-order valence-corrected chi connectivity index (χ1v) is 9.71. The summed E-state index contributed by atoms with van der Waals surface area (Å²) in [7, 11) is 3.00. The lowest BCUT2D eigenvalue weighted by Gasteiger charge is -2.11. The number of rotatable bonds is 6. The fraction of sp³-hybridized carbons (Fsp3) is 0.182. The van der Waals surface area contributed by atoms with E-state index in [4.69, 9.17) is 15.2 Å². The molecule has 4 aromatic rings. The Hall–Kier alpha value is -4.21. The lowest BCUT2D eigenvalue weighted by atomic mass is 10.1. The summed E-state index contributed by atoms with van der Waals surface area (Å²) in [5.41, 5.74) is 6.29. The second-order valence-corrected chi connectivity index (χ2v) is 6.84. The molecule has 10 heteroatoms. The Kier molecular flexibility index (Phi) is 5.35. The summed E-state index contributed by atoms with van der Waals surface area (Å²) < 4.78 is 26.8. The highest BCUT2D eigenvalue weighted by molar-refractivity contribution is 6.02. The van der Waals surface area contributed by atoms with Crippen LogP contribution in [0.15, 0.2) is 47.3 Å². The third-order valence-electron chi connectivity index (χ3n) is 5.05. The highest BCUT2D eigenvalue weighted by Gasteiger charge is 2.24. The first-order valence-electron chi connectivity index (χ1n) is 9.71. The van der Waals surface area contributed by atoms with Gasteiger partial charge in [0.2, 0.25) is 0 Å². The van der Waals surface area contributed by atoms with E-state index >= 15 is 0 Å². The fourth-order valence-corrected chi connectivity index (χ4v) is 3.55. The van der Waals surface area contributed by atoms with Gasteiger partial charge in [-0.25, -0.2) is 23.7 Å². The van der Waals surface area contributed by atoms with Crippen molar-refractivity contribution in [2.24, 2.45) is 5.73 Å². The Morgan fingerprint density at radius 1 is 1.09 bits per heavy atom. The topological polar surface area (TPSA) is 114 Å². The van der Waals surface area contributed by atoms with E-state index in [0.29, 0.717) is 22.7 Å². The lowest BCUT2D eigenvalue weighted by Crippen LogP contribution is -2.23. The molecule has 0 atom stereocenters. The third-order valence-corrected chi connectivity index (χ3v) is 5.05. The number of hydrogen-bond acceptors (Lipinski definition) is 6. The van der Waals surface area contributed by atoms with E-state index in [-0.39, 0.29) is 29.2 Å². The van der Waals surface area contributed by atoms with Crippen molar-refractivity contribution < 1.29 is 18.7 Å². The van der Waals surface area contributed by atoms with Gasteiger partial charge in [0.1, 0.15) is 22.8 Å². The van der Waals surface area contributed by atoms with Crippen LogP contribution in [-0.2, 0) is 6.54 Å². The monoisotopic (exact) mass is 437 g/mol. The van der Waals surface area contributed by atoms with Gasteiger partial charge in [0.25, 0.3) is 5.91 Å². The fourth-order valence-electron chi connectivity index (χ4n) is 3.55. The molecule has 0 fully saturated rings. The number of benzene rings is 2. The summed E-state index contributed by atoms with van der Waals surface area (Å²) in [5.74, 6) is -0.163. The van der Waals surface area contributed by atoms with E-state index in [1.165, 1.54) is 47.6 Å². The molecule has 0 aliphatic heterocycles. The zero-order valence-electron chi connectivity index (χ0n) is 17.6. The number of aromatic nitrogens is 4. The van der Waals surface area contributed by atoms with E-state index in [0.717, 1.165) is 0 Å². The first kappa shape index (κ1) is 21.0. The van der Waals surface area contributed by atoms with E-state index in [2.05, 4.69) is 9.97 Å². The van der Waals surface area contributed by atoms with E-state index in [1.54, 1.807) is 25.1 Å². The number of nitrogens with zero attached hydrogens (tertiary/aromatic N) is 4. The Labute approximate surface area is 181 Å². The van der Waals surface area contributed by atoms with Crippen molar-refractivity contribution in [1.82, 2.24) is 19.1 Å². The summed E-state index contributed by atoms with van der Waals surface area (Å²) in [6, 6.07) is 10.4. The number of carbonyl (C=O) groups excluding carboxylic acids is 1. The van der Waals surface area contributed by atoms with Crippen molar-refractivity contribution in [3.8, 4) is 28.6 Å². The van der Waals surface area contributed by atoms with Crippen molar-refractivity contribution in [1.29, 1.82) is 0 Å². The molecule has 0 radical (unpaired) electrons. The molecule has 0 aliphatic carbocycles. The van der Waals surface area contributed by atoms with Gasteiger partial charge in [0, 0.05) is 12.6 Å². The van der Waals surface area contributed by atoms with Gasteiger partial charge in [-0.3, -0.25) is 9.36 Å². The zero-order chi connectivity index (χ0) is 23.0. The molecule has 2 heterocycles. The number of primary amides is 1. The Morgan fingerprint density at radius 2 is 1.81 bits per heavy atom. The van der Waals surface area contributed by atoms with Gasteiger partial charge < -0.3 is 15.2 Å². The Balaban J connectivity index is 2.11. The Bertz CT molecular complexity index is 1390. The molecule has 4 rings (SSSR count). The van der Waals surface area contributed by atoms with Crippen molar-refractivity contribution in [2.75, 3.05) is 14.2 Å². The molecule has 0 unspecified atom stereocenters. The number of methoxy groups -OCH3 is 2. The normalized spacial score (nSPS) is 11.0. The van der Waals surface area contributed by atoms with Gasteiger partial charge in [-0.1, -0.05) is 0 Å². The van der Waals surface area contributed by atoms with Crippen molar-refractivity contribution >= 4 is 17.1 Å². The number of amides is 1. The van der Waals surface area contributed by atoms with Crippen LogP contribution < -0.4 is 20.9 Å². The summed E-state index contributed by atoms with van der Waals surface area (Å²) in [6.07, 6.45) is 0. The number of nitrogens with two attached hydrogens (primary N) is 1. The maximum Gasteiger partial charge on any atom is 0.335 e. The molecule has 9 nitrogen and oxygen atoms in total. The molecule has 0 aliphatic rings. The summed E-state index contributed by atoms with van der Waals surface area (Å²) in [4.78, 5) is 34.5. The zero-order valence-corrected chi connectivity index (χ0v) is 17.6. The highest BCUT2D eigenvalue weighted by atomic mass is 19.1. The van der Waals surface area contributed by atoms with Crippen LogP contribution in [0.5, 0.6) is 11.5 Å². The molecular weight excluding hydrogens is 417 g/mol. The molecule has 0 saturated heterocycles. The molecule has 0 bridgehead atoms. The van der Waals surface area contributed by atoms with Crippen LogP contribution >= 0.6 is 0 Å². The average molecular weight is 437 g/mol. The first-order chi connectivity index (χ1) is 15.4. The van der Waals surface area contributed by atoms with Crippen LogP contribution in [0.1, 0.15) is 17.4 Å². The molecule has 1 amide bonds. The van der Waals surface area contributed by atoms with Crippen molar-refractivity contribution in [2.45, 2.75) is 13.5 Å². The number of fused-ring (bicyclic) bond motifs is 1. The number of ether oxygens (including phenoxy) is 2. The number of aryl methyl sites for hydroxylation is 1. The molecule has 0 spiro atoms. The van der Waals surface area contributed by atoms with Crippen LogP contribution in [0.4, 0.5) is 4.39 Å². The molecule has 164 valence electrons. The second-order valence-electron chi connectivity index (χ2n) is 6.84. The highest BCUT2D eigenvalue weighted by Crippen LogP contribution is 2.33. The minimum Gasteiger partial charge on any atom is -0.497 e. The van der Waals surface area contributed by atoms with Crippen LogP contribution in [0.25, 0.3) is 28.2 Å². The van der Waals surface area contributed by atoms with Crippen LogP contribution in [0.3, 0.4) is 0 Å². The summed E-state index contributed by atoms with van der Waals surface area (Å²) in [6.45, 7) is 2.00. The smallest absolute Gasteiger partial charge is 0.335 e. The summed E-state index contributed by atoms with van der Waals surface area (Å²) in [5, 5.41) is 0. The van der Waals surface area contributed by atoms with Gasteiger partial charge in [0.15, 0.2) is 17.2 Å². The minimum atomic E-state index is -0.815. The number of imidazole rings is 1. The van der Waals surface area contributed by atoms with E-state index in [9.17, 15) is 14.0 Å². The maximum atomic E-state index is 13.5. The molecule has 2 aromatic heterocycles. The molecular formula is C22H20FN5O4.